The third-order valence-corrected chi connectivity index (χ3v) is 4.33. The van der Waals surface area contributed by atoms with Crippen molar-refractivity contribution in [1.82, 2.24) is 10.3 Å². The van der Waals surface area contributed by atoms with Crippen LogP contribution in [-0.2, 0) is 11.3 Å². The van der Waals surface area contributed by atoms with Gasteiger partial charge >= 0.3 is 0 Å². The fourth-order valence-corrected chi connectivity index (χ4v) is 2.99. The molecule has 2 amide bonds. The Hall–Kier alpha value is -2.69. The zero-order valence-corrected chi connectivity index (χ0v) is 13.5. The summed E-state index contributed by atoms with van der Waals surface area (Å²) in [6.07, 6.45) is 7.48. The highest BCUT2D eigenvalue weighted by Gasteiger charge is 2.23. The molecule has 1 fully saturated rings. The van der Waals surface area contributed by atoms with Crippen LogP contribution in [0.2, 0.25) is 0 Å². The van der Waals surface area contributed by atoms with Crippen molar-refractivity contribution in [3.8, 4) is 0 Å². The molecule has 1 aromatic heterocycles. The van der Waals surface area contributed by atoms with E-state index >= 15 is 0 Å². The summed E-state index contributed by atoms with van der Waals surface area (Å²) in [5.41, 5.74) is 1.98. The number of hydrogen-bond donors (Lipinski definition) is 2. The second-order valence-electron chi connectivity index (χ2n) is 6.06. The molecular weight excluding hydrogens is 302 g/mol. The molecule has 1 aromatic carbocycles. The normalized spacial score (nSPS) is 14.3. The Kier molecular flexibility index (Phi) is 5.21. The van der Waals surface area contributed by atoms with E-state index in [1.54, 1.807) is 30.6 Å². The van der Waals surface area contributed by atoms with Crippen LogP contribution in [0, 0.1) is 5.92 Å². The number of nitrogens with one attached hydrogen (secondary N) is 2. The highest BCUT2D eigenvalue weighted by Crippen LogP contribution is 2.26. The maximum Gasteiger partial charge on any atom is 0.253 e. The molecule has 2 aromatic rings. The molecule has 5 heteroatoms. The first-order valence-electron chi connectivity index (χ1n) is 8.31. The molecule has 1 saturated carbocycles. The average molecular weight is 323 g/mol. The van der Waals surface area contributed by atoms with Crippen LogP contribution in [0.5, 0.6) is 0 Å². The molecule has 1 aliphatic carbocycles. The van der Waals surface area contributed by atoms with E-state index in [2.05, 4.69) is 15.6 Å². The molecule has 0 spiro atoms. The number of aromatic nitrogens is 1. The van der Waals surface area contributed by atoms with Gasteiger partial charge in [0.1, 0.15) is 0 Å². The summed E-state index contributed by atoms with van der Waals surface area (Å²) in [6, 6.07) is 10.8. The minimum Gasteiger partial charge on any atom is -0.348 e. The van der Waals surface area contributed by atoms with E-state index < -0.39 is 0 Å². The van der Waals surface area contributed by atoms with Crippen molar-refractivity contribution in [3.05, 3.63) is 59.9 Å². The van der Waals surface area contributed by atoms with Gasteiger partial charge in [0.05, 0.1) is 11.3 Å². The molecular formula is C19H21N3O2. The predicted molar refractivity (Wildman–Crippen MR) is 92.4 cm³/mol. The van der Waals surface area contributed by atoms with Crippen LogP contribution in [-0.4, -0.2) is 16.8 Å². The van der Waals surface area contributed by atoms with E-state index in [0.717, 1.165) is 31.2 Å². The monoisotopic (exact) mass is 323 g/mol. The number of carbonyl (C=O) groups is 2. The first kappa shape index (κ1) is 16.2. The molecule has 0 unspecified atom stereocenters. The Morgan fingerprint density at radius 3 is 2.62 bits per heavy atom. The van der Waals surface area contributed by atoms with Gasteiger partial charge in [0.2, 0.25) is 5.91 Å². The largest absolute Gasteiger partial charge is 0.348 e. The van der Waals surface area contributed by atoms with Crippen LogP contribution in [0.1, 0.15) is 41.6 Å². The number of hydrogen-bond acceptors (Lipinski definition) is 3. The molecule has 0 atom stereocenters. The zero-order chi connectivity index (χ0) is 16.8. The highest BCUT2D eigenvalue weighted by atomic mass is 16.2. The van der Waals surface area contributed by atoms with E-state index in [1.807, 2.05) is 18.2 Å². The lowest BCUT2D eigenvalue weighted by molar-refractivity contribution is -0.119. The first-order valence-corrected chi connectivity index (χ1v) is 8.31. The minimum atomic E-state index is -0.207. The summed E-state index contributed by atoms with van der Waals surface area (Å²) in [5, 5.41) is 5.79. The Morgan fingerprint density at radius 1 is 1.08 bits per heavy atom. The number of benzene rings is 1. The Morgan fingerprint density at radius 2 is 1.88 bits per heavy atom. The fraction of sp³-hybridized carbons (Fsp3) is 0.316. The summed E-state index contributed by atoms with van der Waals surface area (Å²) in [5.74, 6) is -0.127. The van der Waals surface area contributed by atoms with Gasteiger partial charge in [-0.1, -0.05) is 31.0 Å². The molecule has 124 valence electrons. The van der Waals surface area contributed by atoms with Gasteiger partial charge in [0, 0.05) is 24.9 Å². The summed E-state index contributed by atoms with van der Waals surface area (Å²) < 4.78 is 0. The second-order valence-corrected chi connectivity index (χ2v) is 6.06. The van der Waals surface area contributed by atoms with Gasteiger partial charge in [-0.05, 0) is 36.6 Å². The van der Waals surface area contributed by atoms with Crippen molar-refractivity contribution in [2.24, 2.45) is 5.92 Å². The lowest BCUT2D eigenvalue weighted by Crippen LogP contribution is -2.26. The molecule has 1 heterocycles. The summed E-state index contributed by atoms with van der Waals surface area (Å²) >= 11 is 0. The molecule has 3 rings (SSSR count). The van der Waals surface area contributed by atoms with Crippen molar-refractivity contribution in [1.29, 1.82) is 0 Å². The quantitative estimate of drug-likeness (QED) is 0.888. The second kappa shape index (κ2) is 7.73. The van der Waals surface area contributed by atoms with Crippen molar-refractivity contribution >= 4 is 17.5 Å². The van der Waals surface area contributed by atoms with Crippen LogP contribution in [0.15, 0.2) is 48.8 Å². The number of nitrogens with zero attached hydrogens (tertiary/aromatic N) is 1. The standard InChI is InChI=1S/C19H21N3O2/c23-18(15-7-1-2-8-15)22-17-10-4-3-9-16(17)19(24)21-13-14-6-5-11-20-12-14/h3-6,9-12,15H,1-2,7-8,13H2,(H,21,24)(H,22,23). The van der Waals surface area contributed by atoms with E-state index in [4.69, 9.17) is 0 Å². The molecule has 0 radical (unpaired) electrons. The third kappa shape index (κ3) is 3.98. The number of pyridine rings is 1. The Labute approximate surface area is 141 Å². The van der Waals surface area contributed by atoms with Crippen LogP contribution < -0.4 is 10.6 Å². The third-order valence-electron chi connectivity index (χ3n) is 4.33. The van der Waals surface area contributed by atoms with Crippen molar-refractivity contribution in [3.63, 3.8) is 0 Å². The van der Waals surface area contributed by atoms with Crippen molar-refractivity contribution < 1.29 is 9.59 Å². The SMILES string of the molecule is O=C(NCc1cccnc1)c1ccccc1NC(=O)C1CCCC1. The maximum atomic E-state index is 12.5. The topological polar surface area (TPSA) is 71.1 Å². The molecule has 0 aliphatic heterocycles. The van der Waals surface area contributed by atoms with Crippen LogP contribution >= 0.6 is 0 Å². The fourth-order valence-electron chi connectivity index (χ4n) is 2.99. The molecule has 0 saturated heterocycles. The van der Waals surface area contributed by atoms with Gasteiger partial charge < -0.3 is 10.6 Å². The van der Waals surface area contributed by atoms with Crippen molar-refractivity contribution in [2.75, 3.05) is 5.32 Å². The van der Waals surface area contributed by atoms with Gasteiger partial charge in [0.25, 0.3) is 5.91 Å². The molecule has 24 heavy (non-hydrogen) atoms. The van der Waals surface area contributed by atoms with Crippen LogP contribution in [0.3, 0.4) is 0 Å². The van der Waals surface area contributed by atoms with Gasteiger partial charge in [-0.3, -0.25) is 14.6 Å². The molecule has 2 N–H and O–H groups in total. The van der Waals surface area contributed by atoms with Gasteiger partial charge in [-0.15, -0.1) is 0 Å². The van der Waals surface area contributed by atoms with Crippen LogP contribution in [0.4, 0.5) is 5.69 Å². The smallest absolute Gasteiger partial charge is 0.253 e. The highest BCUT2D eigenvalue weighted by molar-refractivity contribution is 6.04. The average Bonchev–Trinajstić information content (AvgIpc) is 3.16. The Balaban J connectivity index is 1.66. The lowest BCUT2D eigenvalue weighted by atomic mass is 10.1. The van der Waals surface area contributed by atoms with Crippen molar-refractivity contribution in [2.45, 2.75) is 32.2 Å². The molecule has 1 aliphatic rings. The molecule has 5 nitrogen and oxygen atoms in total. The first-order chi connectivity index (χ1) is 11.7. The zero-order valence-electron chi connectivity index (χ0n) is 13.5. The lowest BCUT2D eigenvalue weighted by Gasteiger charge is -2.14. The van der Waals surface area contributed by atoms with E-state index in [1.165, 1.54) is 0 Å². The predicted octanol–water partition coefficient (Wildman–Crippen LogP) is 3.14. The van der Waals surface area contributed by atoms with Gasteiger partial charge in [0.15, 0.2) is 0 Å². The minimum absolute atomic E-state index is 0.0139. The number of rotatable bonds is 5. The molecule has 0 bridgehead atoms. The number of anilines is 1. The number of amides is 2. The summed E-state index contributed by atoms with van der Waals surface area (Å²) in [7, 11) is 0. The summed E-state index contributed by atoms with van der Waals surface area (Å²) in [6.45, 7) is 0.400. The number of para-hydroxylation sites is 1. The van der Waals surface area contributed by atoms with Gasteiger partial charge in [-0.2, -0.15) is 0 Å². The van der Waals surface area contributed by atoms with Gasteiger partial charge in [-0.25, -0.2) is 0 Å². The van der Waals surface area contributed by atoms with Crippen LogP contribution in [0.25, 0.3) is 0 Å². The van der Waals surface area contributed by atoms with E-state index in [-0.39, 0.29) is 17.7 Å². The number of carbonyl (C=O) groups excluding carboxylic acids is 2. The van der Waals surface area contributed by atoms with E-state index in [0.29, 0.717) is 17.8 Å². The Bertz CT molecular complexity index is 710. The summed E-state index contributed by atoms with van der Waals surface area (Å²) in [4.78, 5) is 28.8. The maximum absolute atomic E-state index is 12.5. The van der Waals surface area contributed by atoms with E-state index in [9.17, 15) is 9.59 Å².